The SMILES string of the molecule is COc1ccc2[nH]cc(CCN3C(=O)C(=O)C(=C(O)c4ccc([N+](=O)[O-])cc4)[C@H]3c3ccc(O)cc3)c2c1. The van der Waals surface area contributed by atoms with Gasteiger partial charge in [-0.25, -0.2) is 0 Å². The predicted molar refractivity (Wildman–Crippen MR) is 139 cm³/mol. The lowest BCUT2D eigenvalue weighted by atomic mass is 9.95. The van der Waals surface area contributed by atoms with E-state index in [9.17, 15) is 29.9 Å². The molecule has 3 aromatic carbocycles. The number of ether oxygens (including phenoxy) is 1. The number of H-pyrrole nitrogens is 1. The molecule has 0 radical (unpaired) electrons. The molecule has 0 saturated carbocycles. The second-order valence-electron chi connectivity index (χ2n) is 8.86. The summed E-state index contributed by atoms with van der Waals surface area (Å²) in [5.74, 6) is -1.38. The fourth-order valence-corrected chi connectivity index (χ4v) is 4.74. The largest absolute Gasteiger partial charge is 0.508 e. The number of methoxy groups -OCH3 is 1. The van der Waals surface area contributed by atoms with E-state index >= 15 is 0 Å². The Morgan fingerprint density at radius 3 is 2.45 bits per heavy atom. The molecule has 192 valence electrons. The number of nitrogens with zero attached hydrogens (tertiary/aromatic N) is 2. The van der Waals surface area contributed by atoms with Crippen LogP contribution in [-0.2, 0) is 16.0 Å². The average molecular weight is 514 g/mol. The summed E-state index contributed by atoms with van der Waals surface area (Å²) < 4.78 is 5.33. The summed E-state index contributed by atoms with van der Waals surface area (Å²) in [5, 5.41) is 32.9. The summed E-state index contributed by atoms with van der Waals surface area (Å²) in [4.78, 5) is 41.5. The van der Waals surface area contributed by atoms with E-state index in [-0.39, 0.29) is 29.1 Å². The number of nitrogens with one attached hydrogen (secondary N) is 1. The minimum Gasteiger partial charge on any atom is -0.508 e. The highest BCUT2D eigenvalue weighted by molar-refractivity contribution is 6.46. The van der Waals surface area contributed by atoms with Gasteiger partial charge in [0, 0.05) is 41.3 Å². The van der Waals surface area contributed by atoms with E-state index in [1.807, 2.05) is 24.4 Å². The van der Waals surface area contributed by atoms with Crippen LogP contribution in [0.4, 0.5) is 5.69 Å². The van der Waals surface area contributed by atoms with Crippen LogP contribution >= 0.6 is 0 Å². The van der Waals surface area contributed by atoms with Gasteiger partial charge in [-0.05, 0) is 60.0 Å². The first-order valence-electron chi connectivity index (χ1n) is 11.7. The van der Waals surface area contributed by atoms with Crippen LogP contribution in [-0.4, -0.2) is 50.4 Å². The molecule has 1 aliphatic heterocycles. The Bertz CT molecular complexity index is 1590. The monoisotopic (exact) mass is 513 g/mol. The van der Waals surface area contributed by atoms with Crippen molar-refractivity contribution >= 4 is 34.0 Å². The second kappa shape index (κ2) is 9.74. The van der Waals surface area contributed by atoms with Crippen molar-refractivity contribution in [1.82, 2.24) is 9.88 Å². The van der Waals surface area contributed by atoms with E-state index < -0.39 is 28.4 Å². The highest BCUT2D eigenvalue weighted by atomic mass is 16.6. The molecule has 5 rings (SSSR count). The van der Waals surface area contributed by atoms with E-state index in [0.717, 1.165) is 16.5 Å². The number of nitro groups is 1. The zero-order valence-corrected chi connectivity index (χ0v) is 20.2. The number of rotatable bonds is 7. The number of amides is 1. The highest BCUT2D eigenvalue weighted by Gasteiger charge is 2.45. The lowest BCUT2D eigenvalue weighted by Gasteiger charge is -2.25. The van der Waals surface area contributed by atoms with E-state index in [1.54, 1.807) is 19.2 Å². The Morgan fingerprint density at radius 2 is 1.79 bits per heavy atom. The Labute approximate surface area is 216 Å². The highest BCUT2D eigenvalue weighted by Crippen LogP contribution is 2.40. The number of Topliss-reactive ketones (excluding diaryl/α,β-unsaturated/α-hetero) is 1. The van der Waals surface area contributed by atoms with Gasteiger partial charge in [-0.3, -0.25) is 19.7 Å². The number of benzene rings is 3. The van der Waals surface area contributed by atoms with Crippen LogP contribution in [0.2, 0.25) is 0 Å². The van der Waals surface area contributed by atoms with Gasteiger partial charge in [0.15, 0.2) is 0 Å². The van der Waals surface area contributed by atoms with Crippen LogP contribution in [0.25, 0.3) is 16.7 Å². The molecule has 0 unspecified atom stereocenters. The molecule has 10 nitrogen and oxygen atoms in total. The number of aromatic amines is 1. The molecule has 4 aromatic rings. The number of phenols is 1. The van der Waals surface area contributed by atoms with Gasteiger partial charge in [-0.1, -0.05) is 12.1 Å². The molecule has 10 heteroatoms. The van der Waals surface area contributed by atoms with Gasteiger partial charge in [0.1, 0.15) is 17.3 Å². The van der Waals surface area contributed by atoms with Crippen LogP contribution < -0.4 is 4.74 Å². The number of hydrogen-bond acceptors (Lipinski definition) is 7. The third-order valence-corrected chi connectivity index (χ3v) is 6.70. The Balaban J connectivity index is 1.54. The smallest absolute Gasteiger partial charge is 0.295 e. The van der Waals surface area contributed by atoms with Crippen LogP contribution in [0.3, 0.4) is 0 Å². The number of ketones is 1. The summed E-state index contributed by atoms with van der Waals surface area (Å²) in [6.45, 7) is 0.164. The first-order valence-corrected chi connectivity index (χ1v) is 11.7. The number of carbonyl (C=O) groups is 2. The van der Waals surface area contributed by atoms with Crippen LogP contribution in [0.5, 0.6) is 11.5 Å². The first kappa shape index (κ1) is 24.6. The van der Waals surface area contributed by atoms with Crippen molar-refractivity contribution in [2.24, 2.45) is 0 Å². The van der Waals surface area contributed by atoms with Crippen LogP contribution in [0.15, 0.2) is 78.5 Å². The maximum Gasteiger partial charge on any atom is 0.295 e. The molecule has 2 heterocycles. The van der Waals surface area contributed by atoms with Crippen molar-refractivity contribution in [3.63, 3.8) is 0 Å². The third kappa shape index (κ3) is 4.32. The van der Waals surface area contributed by atoms with E-state index in [1.165, 1.54) is 41.3 Å². The Kier molecular flexibility index (Phi) is 6.29. The van der Waals surface area contributed by atoms with Crippen molar-refractivity contribution in [3.8, 4) is 11.5 Å². The first-order chi connectivity index (χ1) is 18.3. The summed E-state index contributed by atoms with van der Waals surface area (Å²) >= 11 is 0. The molecular weight excluding hydrogens is 490 g/mol. The fourth-order valence-electron chi connectivity index (χ4n) is 4.74. The van der Waals surface area contributed by atoms with Crippen molar-refractivity contribution in [3.05, 3.63) is 105 Å². The van der Waals surface area contributed by atoms with Gasteiger partial charge in [-0.15, -0.1) is 0 Å². The minimum absolute atomic E-state index is 0.00816. The standard InChI is InChI=1S/C28H23N3O7/c1-38-21-10-11-23-22(14-21)18(15-29-23)12-13-30-25(16-4-8-20(32)9-5-16)24(27(34)28(30)35)26(33)17-2-6-19(7-3-17)31(36)37/h2-11,14-15,25,29,32-33H,12-13H2,1H3/t25-/m1/s1. The number of aliphatic hydroxyl groups is 1. The fraction of sp³-hybridized carbons (Fsp3) is 0.143. The zero-order chi connectivity index (χ0) is 27.0. The Morgan fingerprint density at radius 1 is 1.08 bits per heavy atom. The summed E-state index contributed by atoms with van der Waals surface area (Å²) in [6, 6.07) is 15.8. The van der Waals surface area contributed by atoms with Gasteiger partial charge in [0.05, 0.1) is 23.6 Å². The van der Waals surface area contributed by atoms with Crippen molar-refractivity contribution in [2.75, 3.05) is 13.7 Å². The van der Waals surface area contributed by atoms with Gasteiger partial charge in [0.2, 0.25) is 0 Å². The van der Waals surface area contributed by atoms with Gasteiger partial charge < -0.3 is 24.8 Å². The molecule has 38 heavy (non-hydrogen) atoms. The van der Waals surface area contributed by atoms with E-state index in [2.05, 4.69) is 4.98 Å². The van der Waals surface area contributed by atoms with E-state index in [0.29, 0.717) is 17.7 Å². The lowest BCUT2D eigenvalue weighted by molar-refractivity contribution is -0.384. The summed E-state index contributed by atoms with van der Waals surface area (Å²) in [6.07, 6.45) is 2.25. The normalized spacial score (nSPS) is 16.8. The molecule has 0 aliphatic carbocycles. The maximum absolute atomic E-state index is 13.2. The number of non-ortho nitro benzene ring substituents is 1. The van der Waals surface area contributed by atoms with Gasteiger partial charge in [-0.2, -0.15) is 0 Å². The zero-order valence-electron chi connectivity index (χ0n) is 20.2. The van der Waals surface area contributed by atoms with Gasteiger partial charge in [0.25, 0.3) is 17.4 Å². The molecule has 1 atom stereocenters. The van der Waals surface area contributed by atoms with Crippen molar-refractivity contribution < 1.29 is 29.5 Å². The number of likely N-dealkylation sites (tertiary alicyclic amines) is 1. The third-order valence-electron chi connectivity index (χ3n) is 6.70. The molecule has 1 saturated heterocycles. The van der Waals surface area contributed by atoms with Crippen LogP contribution in [0.1, 0.15) is 22.7 Å². The number of aromatic hydroxyl groups is 1. The topological polar surface area (TPSA) is 146 Å². The molecule has 1 aliphatic rings. The molecular formula is C28H23N3O7. The Hall–Kier alpha value is -5.12. The molecule has 3 N–H and O–H groups in total. The van der Waals surface area contributed by atoms with Gasteiger partial charge >= 0.3 is 0 Å². The number of hydrogen-bond donors (Lipinski definition) is 3. The number of carbonyl (C=O) groups excluding carboxylic acids is 2. The predicted octanol–water partition coefficient (Wildman–Crippen LogP) is 4.45. The number of nitro benzene ring substituents is 1. The average Bonchev–Trinajstić information content (AvgIpc) is 3.44. The number of fused-ring (bicyclic) bond motifs is 1. The molecule has 0 bridgehead atoms. The molecule has 1 aromatic heterocycles. The quantitative estimate of drug-likeness (QED) is 0.109. The van der Waals surface area contributed by atoms with Crippen molar-refractivity contribution in [2.45, 2.75) is 12.5 Å². The number of aliphatic hydroxyl groups excluding tert-OH is 1. The maximum atomic E-state index is 13.2. The minimum atomic E-state index is -0.925. The summed E-state index contributed by atoms with van der Waals surface area (Å²) in [7, 11) is 1.58. The molecule has 0 spiro atoms. The lowest BCUT2D eigenvalue weighted by Crippen LogP contribution is -2.31. The van der Waals surface area contributed by atoms with Crippen LogP contribution in [0, 0.1) is 10.1 Å². The number of aromatic nitrogens is 1. The molecule has 1 amide bonds. The van der Waals surface area contributed by atoms with Crippen molar-refractivity contribution in [1.29, 1.82) is 0 Å². The second-order valence-corrected chi connectivity index (χ2v) is 8.86. The summed E-state index contributed by atoms with van der Waals surface area (Å²) in [5.41, 5.74) is 2.20. The van der Waals surface area contributed by atoms with E-state index in [4.69, 9.17) is 4.74 Å². The molecule has 1 fully saturated rings. The number of phenolic OH excluding ortho intramolecular Hbond substituents is 1.